The molecule has 0 aliphatic rings. The van der Waals surface area contributed by atoms with Crippen molar-refractivity contribution < 1.29 is 18.3 Å². The lowest BCUT2D eigenvalue weighted by atomic mass is 10.4. The maximum absolute atomic E-state index is 10.8. The Labute approximate surface area is 71.7 Å². The smallest absolute Gasteiger partial charge is 0.237 e. The first-order valence-electron chi connectivity index (χ1n) is 3.50. The SMILES string of the molecule is CCC(O)NC(=O)CS(C)(=O)=O. The average molecular weight is 195 g/mol. The van der Waals surface area contributed by atoms with Crippen molar-refractivity contribution in [2.75, 3.05) is 12.0 Å². The number of rotatable bonds is 4. The fraction of sp³-hybridized carbons (Fsp3) is 0.833. The van der Waals surface area contributed by atoms with Crippen molar-refractivity contribution in [1.29, 1.82) is 0 Å². The number of aliphatic hydroxyl groups is 1. The zero-order chi connectivity index (χ0) is 9.78. The van der Waals surface area contributed by atoms with Crippen LogP contribution in [0.3, 0.4) is 0 Å². The van der Waals surface area contributed by atoms with Gasteiger partial charge in [0.05, 0.1) is 0 Å². The monoisotopic (exact) mass is 195 g/mol. The largest absolute Gasteiger partial charge is 0.374 e. The molecule has 0 aromatic rings. The zero-order valence-corrected chi connectivity index (χ0v) is 7.89. The molecule has 72 valence electrons. The molecule has 1 amide bonds. The van der Waals surface area contributed by atoms with Crippen molar-refractivity contribution in [3.63, 3.8) is 0 Å². The lowest BCUT2D eigenvalue weighted by molar-refractivity contribution is -0.121. The van der Waals surface area contributed by atoms with Gasteiger partial charge in [0.15, 0.2) is 9.84 Å². The minimum absolute atomic E-state index is 0.357. The Bertz CT molecular complexity index is 246. The van der Waals surface area contributed by atoms with E-state index in [1.54, 1.807) is 6.92 Å². The van der Waals surface area contributed by atoms with Crippen LogP contribution in [0.4, 0.5) is 0 Å². The third kappa shape index (κ3) is 6.11. The van der Waals surface area contributed by atoms with Crippen LogP contribution < -0.4 is 5.32 Å². The van der Waals surface area contributed by atoms with Crippen LogP contribution in [0.15, 0.2) is 0 Å². The molecular formula is C6H13NO4S. The Morgan fingerprint density at radius 2 is 2.08 bits per heavy atom. The number of amides is 1. The molecule has 0 aromatic carbocycles. The normalized spacial score (nSPS) is 13.9. The topological polar surface area (TPSA) is 83.5 Å². The highest BCUT2D eigenvalue weighted by Crippen LogP contribution is 1.86. The zero-order valence-electron chi connectivity index (χ0n) is 7.07. The van der Waals surface area contributed by atoms with Crippen LogP contribution >= 0.6 is 0 Å². The summed E-state index contributed by atoms with van der Waals surface area (Å²) >= 11 is 0. The van der Waals surface area contributed by atoms with Gasteiger partial charge in [-0.15, -0.1) is 0 Å². The van der Waals surface area contributed by atoms with Crippen molar-refractivity contribution >= 4 is 15.7 Å². The van der Waals surface area contributed by atoms with Gasteiger partial charge in [-0.05, 0) is 6.42 Å². The van der Waals surface area contributed by atoms with Gasteiger partial charge in [-0.25, -0.2) is 8.42 Å². The molecule has 0 saturated heterocycles. The lowest BCUT2D eigenvalue weighted by Gasteiger charge is -2.08. The van der Waals surface area contributed by atoms with E-state index in [9.17, 15) is 13.2 Å². The molecule has 12 heavy (non-hydrogen) atoms. The molecule has 0 saturated carbocycles. The van der Waals surface area contributed by atoms with E-state index >= 15 is 0 Å². The number of hydrogen-bond donors (Lipinski definition) is 2. The first kappa shape index (κ1) is 11.4. The molecule has 0 bridgehead atoms. The summed E-state index contributed by atoms with van der Waals surface area (Å²) in [6.07, 6.45) is 0.361. The second-order valence-corrected chi connectivity index (χ2v) is 4.70. The molecule has 1 unspecified atom stereocenters. The number of hydrogen-bond acceptors (Lipinski definition) is 4. The van der Waals surface area contributed by atoms with E-state index < -0.39 is 27.7 Å². The molecule has 0 radical (unpaired) electrons. The molecular weight excluding hydrogens is 182 g/mol. The van der Waals surface area contributed by atoms with Gasteiger partial charge in [-0.1, -0.05) is 6.92 Å². The maximum atomic E-state index is 10.8. The van der Waals surface area contributed by atoms with E-state index in [0.29, 0.717) is 6.42 Å². The Hall–Kier alpha value is -0.620. The van der Waals surface area contributed by atoms with Crippen LogP contribution in [0, 0.1) is 0 Å². The van der Waals surface area contributed by atoms with E-state index in [1.807, 2.05) is 0 Å². The Kier molecular flexibility index (Phi) is 4.19. The fourth-order valence-corrected chi connectivity index (χ4v) is 1.13. The van der Waals surface area contributed by atoms with Gasteiger partial charge in [0, 0.05) is 6.26 Å². The third-order valence-corrected chi connectivity index (χ3v) is 1.89. The Morgan fingerprint density at radius 3 is 2.42 bits per heavy atom. The summed E-state index contributed by atoms with van der Waals surface area (Å²) in [6, 6.07) is 0. The van der Waals surface area contributed by atoms with Crippen LogP contribution in [0.5, 0.6) is 0 Å². The van der Waals surface area contributed by atoms with E-state index in [-0.39, 0.29) is 0 Å². The summed E-state index contributed by atoms with van der Waals surface area (Å²) in [5.41, 5.74) is 0. The van der Waals surface area contributed by atoms with E-state index in [2.05, 4.69) is 5.32 Å². The molecule has 0 rings (SSSR count). The minimum Gasteiger partial charge on any atom is -0.374 e. The lowest BCUT2D eigenvalue weighted by Crippen LogP contribution is -2.37. The van der Waals surface area contributed by atoms with Gasteiger partial charge in [0.1, 0.15) is 12.0 Å². The highest BCUT2D eigenvalue weighted by molar-refractivity contribution is 7.91. The predicted octanol–water partition coefficient (Wildman–Crippen LogP) is -1.12. The quantitative estimate of drug-likeness (QED) is 0.556. The van der Waals surface area contributed by atoms with Crippen molar-refractivity contribution in [2.45, 2.75) is 19.6 Å². The highest BCUT2D eigenvalue weighted by Gasteiger charge is 2.12. The van der Waals surface area contributed by atoms with Crippen molar-refractivity contribution in [2.24, 2.45) is 0 Å². The van der Waals surface area contributed by atoms with Gasteiger partial charge in [0.25, 0.3) is 0 Å². The first-order chi connectivity index (χ1) is 5.35. The van der Waals surface area contributed by atoms with Gasteiger partial charge in [0.2, 0.25) is 5.91 Å². The first-order valence-corrected chi connectivity index (χ1v) is 5.56. The van der Waals surface area contributed by atoms with Crippen LogP contribution in [0.25, 0.3) is 0 Å². The minimum atomic E-state index is -3.30. The summed E-state index contributed by atoms with van der Waals surface area (Å²) in [5, 5.41) is 11.0. The Morgan fingerprint density at radius 1 is 1.58 bits per heavy atom. The molecule has 0 aromatic heterocycles. The molecule has 0 heterocycles. The van der Waals surface area contributed by atoms with E-state index in [4.69, 9.17) is 5.11 Å². The summed E-state index contributed by atoms with van der Waals surface area (Å²) in [6.45, 7) is 1.67. The van der Waals surface area contributed by atoms with Crippen LogP contribution in [-0.2, 0) is 14.6 Å². The summed E-state index contributed by atoms with van der Waals surface area (Å²) in [5.74, 6) is -1.25. The molecule has 1 atom stereocenters. The molecule has 6 heteroatoms. The molecule has 0 aliphatic carbocycles. The summed E-state index contributed by atoms with van der Waals surface area (Å²) in [4.78, 5) is 10.8. The highest BCUT2D eigenvalue weighted by atomic mass is 32.2. The summed E-state index contributed by atoms with van der Waals surface area (Å²) in [7, 11) is -3.30. The van der Waals surface area contributed by atoms with Gasteiger partial charge in [-0.2, -0.15) is 0 Å². The van der Waals surface area contributed by atoms with Crippen molar-refractivity contribution in [1.82, 2.24) is 5.32 Å². The predicted molar refractivity (Wildman–Crippen MR) is 44.2 cm³/mol. The molecule has 0 fully saturated rings. The number of sulfone groups is 1. The molecule has 0 aliphatic heterocycles. The molecule has 0 spiro atoms. The van der Waals surface area contributed by atoms with Crippen LogP contribution in [-0.4, -0.2) is 37.7 Å². The number of carbonyl (C=O) groups is 1. The van der Waals surface area contributed by atoms with Crippen molar-refractivity contribution in [3.8, 4) is 0 Å². The number of carbonyl (C=O) groups excluding carboxylic acids is 1. The van der Waals surface area contributed by atoms with Crippen LogP contribution in [0.1, 0.15) is 13.3 Å². The van der Waals surface area contributed by atoms with Gasteiger partial charge < -0.3 is 10.4 Å². The molecule has 2 N–H and O–H groups in total. The molecule has 5 nitrogen and oxygen atoms in total. The second kappa shape index (κ2) is 4.42. The van der Waals surface area contributed by atoms with E-state index in [1.165, 1.54) is 0 Å². The average Bonchev–Trinajstić information content (AvgIpc) is 1.82. The van der Waals surface area contributed by atoms with Gasteiger partial charge in [-0.3, -0.25) is 4.79 Å². The second-order valence-electron chi connectivity index (χ2n) is 2.56. The van der Waals surface area contributed by atoms with Crippen molar-refractivity contribution in [3.05, 3.63) is 0 Å². The maximum Gasteiger partial charge on any atom is 0.237 e. The van der Waals surface area contributed by atoms with Crippen LogP contribution in [0.2, 0.25) is 0 Å². The number of aliphatic hydroxyl groups excluding tert-OH is 1. The summed E-state index contributed by atoms with van der Waals surface area (Å²) < 4.78 is 21.1. The standard InChI is InChI=1S/C6H13NO4S/c1-3-5(8)7-6(9)4-12(2,10)11/h5,8H,3-4H2,1-2H3,(H,7,9). The third-order valence-electron chi connectivity index (χ3n) is 1.11. The van der Waals surface area contributed by atoms with Gasteiger partial charge >= 0.3 is 0 Å². The fourth-order valence-electron chi connectivity index (χ4n) is 0.568. The Balaban J connectivity index is 3.92. The number of nitrogens with one attached hydrogen (secondary N) is 1. The van der Waals surface area contributed by atoms with E-state index in [0.717, 1.165) is 6.26 Å².